The summed E-state index contributed by atoms with van der Waals surface area (Å²) < 4.78 is 0. The van der Waals surface area contributed by atoms with Gasteiger partial charge in [-0.25, -0.2) is 0 Å². The Morgan fingerprint density at radius 3 is 2.27 bits per heavy atom. The second-order valence-electron chi connectivity index (χ2n) is 3.37. The van der Waals surface area contributed by atoms with Crippen LogP contribution in [-0.4, -0.2) is 18.3 Å². The number of unbranched alkanes of at least 4 members (excludes halogenated alkanes) is 2. The van der Waals surface area contributed by atoms with Crippen molar-refractivity contribution >= 4 is 28.9 Å². The van der Waals surface area contributed by atoms with Gasteiger partial charge in [0.25, 0.3) is 0 Å². The molecule has 0 saturated heterocycles. The molecule has 0 aliphatic heterocycles. The van der Waals surface area contributed by atoms with Crippen molar-refractivity contribution in [1.82, 2.24) is 0 Å². The smallest absolute Gasteiger partial charge is 0.0441 e. The third kappa shape index (κ3) is 5.26. The third-order valence-corrected chi connectivity index (χ3v) is 2.46. The maximum atomic E-state index is 8.60. The number of benzene rings is 1. The van der Waals surface area contributed by atoms with E-state index in [2.05, 4.69) is 5.32 Å². The quantitative estimate of drug-likeness (QED) is 0.754. The third-order valence-electron chi connectivity index (χ3n) is 2.03. The van der Waals surface area contributed by atoms with Crippen LogP contribution in [0, 0.1) is 0 Å². The Morgan fingerprint density at radius 2 is 1.67 bits per heavy atom. The summed E-state index contributed by atoms with van der Waals surface area (Å²) in [7, 11) is 0. The molecule has 0 aliphatic carbocycles. The van der Waals surface area contributed by atoms with E-state index in [-0.39, 0.29) is 6.61 Å². The van der Waals surface area contributed by atoms with Crippen molar-refractivity contribution in [3.63, 3.8) is 0 Å². The van der Waals surface area contributed by atoms with Crippen LogP contribution in [0.1, 0.15) is 19.3 Å². The Morgan fingerprint density at radius 1 is 1.00 bits per heavy atom. The van der Waals surface area contributed by atoms with Gasteiger partial charge in [-0.3, -0.25) is 0 Å². The molecular weight excluding hydrogens is 233 g/mol. The zero-order valence-electron chi connectivity index (χ0n) is 8.47. The highest BCUT2D eigenvalue weighted by atomic mass is 35.5. The van der Waals surface area contributed by atoms with Crippen LogP contribution in [0.2, 0.25) is 10.0 Å². The first kappa shape index (κ1) is 12.6. The van der Waals surface area contributed by atoms with Gasteiger partial charge >= 0.3 is 0 Å². The molecule has 0 amide bonds. The first-order chi connectivity index (χ1) is 7.22. The van der Waals surface area contributed by atoms with Gasteiger partial charge in [0.2, 0.25) is 0 Å². The zero-order chi connectivity index (χ0) is 11.1. The molecule has 0 atom stereocenters. The minimum Gasteiger partial charge on any atom is -0.396 e. The number of anilines is 1. The van der Waals surface area contributed by atoms with Crippen molar-refractivity contribution in [3.05, 3.63) is 28.2 Å². The predicted octanol–water partition coefficient (Wildman–Crippen LogP) is 3.57. The Hall–Kier alpha value is -0.440. The summed E-state index contributed by atoms with van der Waals surface area (Å²) >= 11 is 11.7. The number of hydrogen-bond donors (Lipinski definition) is 2. The van der Waals surface area contributed by atoms with Crippen molar-refractivity contribution in [1.29, 1.82) is 0 Å². The van der Waals surface area contributed by atoms with Crippen LogP contribution < -0.4 is 5.32 Å². The van der Waals surface area contributed by atoms with E-state index in [1.165, 1.54) is 0 Å². The van der Waals surface area contributed by atoms with Crippen molar-refractivity contribution in [3.8, 4) is 0 Å². The first-order valence-corrected chi connectivity index (χ1v) is 5.79. The topological polar surface area (TPSA) is 32.3 Å². The summed E-state index contributed by atoms with van der Waals surface area (Å²) in [5, 5.41) is 13.1. The van der Waals surface area contributed by atoms with Crippen LogP contribution >= 0.6 is 23.2 Å². The summed E-state index contributed by atoms with van der Waals surface area (Å²) in [6, 6.07) is 5.40. The predicted molar refractivity (Wildman–Crippen MR) is 65.9 cm³/mol. The van der Waals surface area contributed by atoms with E-state index in [9.17, 15) is 0 Å². The molecule has 2 N–H and O–H groups in total. The summed E-state index contributed by atoms with van der Waals surface area (Å²) in [4.78, 5) is 0. The Bertz CT molecular complexity index is 284. The van der Waals surface area contributed by atoms with Crippen LogP contribution in [-0.2, 0) is 0 Å². The molecule has 0 spiro atoms. The zero-order valence-corrected chi connectivity index (χ0v) is 9.98. The average Bonchev–Trinajstić information content (AvgIpc) is 2.16. The lowest BCUT2D eigenvalue weighted by Crippen LogP contribution is -2.01. The van der Waals surface area contributed by atoms with Crippen LogP contribution in [0.3, 0.4) is 0 Å². The van der Waals surface area contributed by atoms with E-state index >= 15 is 0 Å². The van der Waals surface area contributed by atoms with E-state index in [4.69, 9.17) is 28.3 Å². The van der Waals surface area contributed by atoms with Gasteiger partial charge in [-0.2, -0.15) is 0 Å². The minimum absolute atomic E-state index is 0.267. The van der Waals surface area contributed by atoms with Crippen LogP contribution in [0.15, 0.2) is 18.2 Å². The highest BCUT2D eigenvalue weighted by molar-refractivity contribution is 6.35. The van der Waals surface area contributed by atoms with Crippen molar-refractivity contribution in [2.24, 2.45) is 0 Å². The summed E-state index contributed by atoms with van der Waals surface area (Å²) in [6.07, 6.45) is 2.92. The lowest BCUT2D eigenvalue weighted by Gasteiger charge is -2.06. The van der Waals surface area contributed by atoms with Crippen LogP contribution in [0.4, 0.5) is 5.69 Å². The molecule has 0 unspecified atom stereocenters. The Balaban J connectivity index is 2.31. The number of nitrogens with one attached hydrogen (secondary N) is 1. The molecule has 1 aromatic carbocycles. The lowest BCUT2D eigenvalue weighted by atomic mass is 10.2. The van der Waals surface area contributed by atoms with Gasteiger partial charge in [0.1, 0.15) is 0 Å². The minimum atomic E-state index is 0.267. The van der Waals surface area contributed by atoms with Gasteiger partial charge in [-0.1, -0.05) is 23.2 Å². The maximum absolute atomic E-state index is 8.60. The summed E-state index contributed by atoms with van der Waals surface area (Å²) in [6.45, 7) is 1.14. The molecular formula is C11H15Cl2NO. The number of aliphatic hydroxyl groups is 1. The molecule has 0 aromatic heterocycles. The molecule has 1 rings (SSSR count). The normalized spacial score (nSPS) is 10.3. The fourth-order valence-electron chi connectivity index (χ4n) is 1.30. The molecule has 0 bridgehead atoms. The van der Waals surface area contributed by atoms with Gasteiger partial charge in [-0.15, -0.1) is 0 Å². The summed E-state index contributed by atoms with van der Waals surface area (Å²) in [5.41, 5.74) is 0.941. The van der Waals surface area contributed by atoms with E-state index in [0.717, 1.165) is 31.5 Å². The van der Waals surface area contributed by atoms with Gasteiger partial charge in [0, 0.05) is 28.9 Å². The maximum Gasteiger partial charge on any atom is 0.0441 e. The first-order valence-electron chi connectivity index (χ1n) is 5.03. The fraction of sp³-hybridized carbons (Fsp3) is 0.455. The van der Waals surface area contributed by atoms with E-state index in [1.54, 1.807) is 6.07 Å². The average molecular weight is 248 g/mol. The molecule has 0 radical (unpaired) electrons. The monoisotopic (exact) mass is 247 g/mol. The fourth-order valence-corrected chi connectivity index (χ4v) is 1.83. The standard InChI is InChI=1S/C11H15Cl2NO/c12-9-6-10(13)8-11(7-9)14-4-2-1-3-5-15/h6-8,14-15H,1-5H2. The molecule has 4 heteroatoms. The van der Waals surface area contributed by atoms with Gasteiger partial charge < -0.3 is 10.4 Å². The Labute approximate surface area is 100 Å². The highest BCUT2D eigenvalue weighted by Gasteiger charge is 1.97. The molecule has 0 fully saturated rings. The number of halogens is 2. The molecule has 0 aliphatic rings. The molecule has 15 heavy (non-hydrogen) atoms. The van der Waals surface area contributed by atoms with E-state index < -0.39 is 0 Å². The second kappa shape index (κ2) is 6.94. The number of rotatable bonds is 6. The van der Waals surface area contributed by atoms with E-state index in [1.807, 2.05) is 12.1 Å². The molecule has 2 nitrogen and oxygen atoms in total. The van der Waals surface area contributed by atoms with Crippen LogP contribution in [0.25, 0.3) is 0 Å². The second-order valence-corrected chi connectivity index (χ2v) is 4.24. The van der Waals surface area contributed by atoms with Gasteiger partial charge in [-0.05, 0) is 37.5 Å². The molecule has 84 valence electrons. The van der Waals surface area contributed by atoms with Crippen molar-refractivity contribution < 1.29 is 5.11 Å². The number of aliphatic hydroxyl groups excluding tert-OH is 1. The molecule has 0 heterocycles. The van der Waals surface area contributed by atoms with Gasteiger partial charge in [0.15, 0.2) is 0 Å². The van der Waals surface area contributed by atoms with Gasteiger partial charge in [0.05, 0.1) is 0 Å². The SMILES string of the molecule is OCCCCCNc1cc(Cl)cc(Cl)c1. The summed E-state index contributed by atoms with van der Waals surface area (Å²) in [5.74, 6) is 0. The highest BCUT2D eigenvalue weighted by Crippen LogP contribution is 2.22. The molecule has 1 aromatic rings. The van der Waals surface area contributed by atoms with Crippen LogP contribution in [0.5, 0.6) is 0 Å². The van der Waals surface area contributed by atoms with Crippen molar-refractivity contribution in [2.75, 3.05) is 18.5 Å². The lowest BCUT2D eigenvalue weighted by molar-refractivity contribution is 0.283. The van der Waals surface area contributed by atoms with E-state index in [0.29, 0.717) is 10.0 Å². The largest absolute Gasteiger partial charge is 0.396 e. The van der Waals surface area contributed by atoms with Crippen molar-refractivity contribution in [2.45, 2.75) is 19.3 Å². The Kier molecular flexibility index (Phi) is 5.84. The number of hydrogen-bond acceptors (Lipinski definition) is 2. The molecule has 0 saturated carbocycles.